The summed E-state index contributed by atoms with van der Waals surface area (Å²) in [5, 5.41) is 0. The lowest BCUT2D eigenvalue weighted by molar-refractivity contribution is 0.727. The maximum atomic E-state index is 2.61. The third-order valence-electron chi connectivity index (χ3n) is 8.96. The minimum atomic E-state index is -0.443. The SMILES string of the molecule is c1ccc(B2c3cccc4c3N3c5c(cccc5C(c5ccccc5)(c5ccccc5)c5cccc2c53)S4)cc1. The van der Waals surface area contributed by atoms with Crippen LogP contribution in [0.3, 0.4) is 0 Å². The molecular formula is C37H24BNS. The first-order chi connectivity index (χ1) is 19.9. The van der Waals surface area contributed by atoms with E-state index in [1.807, 2.05) is 11.8 Å². The van der Waals surface area contributed by atoms with Crippen molar-refractivity contribution in [2.24, 2.45) is 0 Å². The van der Waals surface area contributed by atoms with Crippen molar-refractivity contribution in [3.8, 4) is 0 Å². The number of benzene rings is 6. The molecule has 6 aromatic rings. The van der Waals surface area contributed by atoms with Crippen molar-refractivity contribution >= 4 is 51.9 Å². The van der Waals surface area contributed by atoms with E-state index in [1.54, 1.807) is 0 Å². The van der Waals surface area contributed by atoms with E-state index in [4.69, 9.17) is 0 Å². The Morgan fingerprint density at radius 1 is 0.450 bits per heavy atom. The van der Waals surface area contributed by atoms with Gasteiger partial charge in [0.15, 0.2) is 0 Å². The molecule has 0 unspecified atom stereocenters. The fraction of sp³-hybridized carbons (Fsp3) is 0.0270. The molecule has 3 heterocycles. The summed E-state index contributed by atoms with van der Waals surface area (Å²) in [6.45, 7) is 0.166. The van der Waals surface area contributed by atoms with Crippen molar-refractivity contribution in [2.45, 2.75) is 15.2 Å². The summed E-state index contributed by atoms with van der Waals surface area (Å²) in [7, 11) is 0. The Morgan fingerprint density at radius 3 is 1.60 bits per heavy atom. The topological polar surface area (TPSA) is 3.24 Å². The molecule has 40 heavy (non-hydrogen) atoms. The van der Waals surface area contributed by atoms with Crippen LogP contribution < -0.4 is 21.3 Å². The third kappa shape index (κ3) is 2.75. The molecule has 0 bridgehead atoms. The van der Waals surface area contributed by atoms with Gasteiger partial charge in [0, 0.05) is 15.5 Å². The Balaban J connectivity index is 1.49. The molecule has 186 valence electrons. The molecule has 9 rings (SSSR count). The lowest BCUT2D eigenvalue weighted by atomic mass is 9.34. The van der Waals surface area contributed by atoms with E-state index in [-0.39, 0.29) is 6.71 Å². The zero-order chi connectivity index (χ0) is 26.3. The van der Waals surface area contributed by atoms with E-state index in [0.29, 0.717) is 0 Å². The van der Waals surface area contributed by atoms with Gasteiger partial charge in [-0.05, 0) is 45.3 Å². The number of nitrogens with zero attached hydrogens (tertiary/aromatic N) is 1. The average Bonchev–Trinajstić information content (AvgIpc) is 3.03. The molecular weight excluding hydrogens is 501 g/mol. The Hall–Kier alpha value is -4.47. The van der Waals surface area contributed by atoms with Crippen LogP contribution in [-0.4, -0.2) is 6.71 Å². The second-order valence-corrected chi connectivity index (χ2v) is 11.9. The Bertz CT molecular complexity index is 1900. The van der Waals surface area contributed by atoms with E-state index in [1.165, 1.54) is 65.5 Å². The fourth-order valence-electron chi connectivity index (χ4n) is 7.51. The van der Waals surface area contributed by atoms with Crippen LogP contribution in [-0.2, 0) is 5.41 Å². The molecule has 0 aliphatic carbocycles. The van der Waals surface area contributed by atoms with Crippen molar-refractivity contribution < 1.29 is 0 Å². The van der Waals surface area contributed by atoms with E-state index in [9.17, 15) is 0 Å². The Kier molecular flexibility index (Phi) is 4.62. The molecule has 0 spiro atoms. The van der Waals surface area contributed by atoms with Gasteiger partial charge in [0.25, 0.3) is 0 Å². The van der Waals surface area contributed by atoms with E-state index in [2.05, 4.69) is 150 Å². The van der Waals surface area contributed by atoms with Crippen LogP contribution in [0.1, 0.15) is 22.3 Å². The largest absolute Gasteiger partial charge is 0.309 e. The van der Waals surface area contributed by atoms with Gasteiger partial charge in [-0.3, -0.25) is 0 Å². The predicted octanol–water partition coefficient (Wildman–Crippen LogP) is 7.15. The highest BCUT2D eigenvalue weighted by molar-refractivity contribution is 7.99. The van der Waals surface area contributed by atoms with Gasteiger partial charge in [0.2, 0.25) is 6.71 Å². The van der Waals surface area contributed by atoms with Crippen molar-refractivity contribution in [1.29, 1.82) is 0 Å². The van der Waals surface area contributed by atoms with Gasteiger partial charge >= 0.3 is 0 Å². The van der Waals surface area contributed by atoms with Gasteiger partial charge < -0.3 is 4.90 Å². The van der Waals surface area contributed by atoms with Crippen LogP contribution in [0.2, 0.25) is 0 Å². The van der Waals surface area contributed by atoms with Gasteiger partial charge in [-0.25, -0.2) is 0 Å². The zero-order valence-electron chi connectivity index (χ0n) is 21.8. The highest BCUT2D eigenvalue weighted by Crippen LogP contribution is 2.63. The number of para-hydroxylation sites is 3. The summed E-state index contributed by atoms with van der Waals surface area (Å²) in [5.41, 5.74) is 12.9. The molecule has 0 N–H and O–H groups in total. The van der Waals surface area contributed by atoms with Crippen LogP contribution in [0.5, 0.6) is 0 Å². The lowest BCUT2D eigenvalue weighted by Gasteiger charge is -2.52. The van der Waals surface area contributed by atoms with Crippen molar-refractivity contribution in [3.63, 3.8) is 0 Å². The maximum Gasteiger partial charge on any atom is 0.246 e. The molecule has 0 fully saturated rings. The fourth-order valence-corrected chi connectivity index (χ4v) is 8.65. The van der Waals surface area contributed by atoms with Gasteiger partial charge in [0.05, 0.1) is 16.8 Å². The minimum absolute atomic E-state index is 0.166. The highest BCUT2D eigenvalue weighted by atomic mass is 32.2. The first-order valence-corrected chi connectivity index (χ1v) is 14.7. The van der Waals surface area contributed by atoms with Crippen LogP contribution in [0.4, 0.5) is 17.1 Å². The Morgan fingerprint density at radius 2 is 0.950 bits per heavy atom. The lowest BCUT2D eigenvalue weighted by Crippen LogP contribution is -2.59. The summed E-state index contributed by atoms with van der Waals surface area (Å²) >= 11 is 1.91. The standard InChI is InChI=1S/C37H24BNS/c1-4-13-25(14-5-1)37(26-15-6-2-7-16-26)28-19-10-21-30-34(28)39-35-29(37)20-11-23-32(35)40-33-24-12-22-31(36(33)39)38(30)27-17-8-3-9-18-27/h1-24H. The van der Waals surface area contributed by atoms with Gasteiger partial charge in [0.1, 0.15) is 0 Å². The quantitative estimate of drug-likeness (QED) is 0.226. The zero-order valence-corrected chi connectivity index (χ0v) is 22.6. The van der Waals surface area contributed by atoms with Gasteiger partial charge in [-0.15, -0.1) is 0 Å². The van der Waals surface area contributed by atoms with E-state index < -0.39 is 5.41 Å². The summed E-state index contributed by atoms with van der Waals surface area (Å²) in [4.78, 5) is 5.26. The number of rotatable bonds is 3. The average molecular weight is 525 g/mol. The van der Waals surface area contributed by atoms with Crippen LogP contribution >= 0.6 is 11.8 Å². The van der Waals surface area contributed by atoms with Crippen molar-refractivity contribution in [3.05, 3.63) is 168 Å². The number of anilines is 3. The molecule has 0 saturated carbocycles. The molecule has 0 aromatic heterocycles. The summed E-state index contributed by atoms with van der Waals surface area (Å²) < 4.78 is 0. The molecule has 3 heteroatoms. The van der Waals surface area contributed by atoms with E-state index in [0.717, 1.165) is 0 Å². The predicted molar refractivity (Wildman–Crippen MR) is 168 cm³/mol. The second kappa shape index (κ2) is 8.27. The summed E-state index contributed by atoms with van der Waals surface area (Å²) in [6, 6.07) is 54.1. The van der Waals surface area contributed by atoms with Crippen LogP contribution in [0.25, 0.3) is 0 Å². The van der Waals surface area contributed by atoms with Crippen LogP contribution in [0.15, 0.2) is 155 Å². The molecule has 1 nitrogen and oxygen atoms in total. The van der Waals surface area contributed by atoms with Gasteiger partial charge in [-0.1, -0.05) is 151 Å². The monoisotopic (exact) mass is 525 g/mol. The van der Waals surface area contributed by atoms with E-state index >= 15 is 0 Å². The van der Waals surface area contributed by atoms with Crippen molar-refractivity contribution in [1.82, 2.24) is 0 Å². The molecule has 0 saturated heterocycles. The first-order valence-electron chi connectivity index (χ1n) is 13.9. The smallest absolute Gasteiger partial charge is 0.246 e. The summed E-state index contributed by atoms with van der Waals surface area (Å²) in [6.07, 6.45) is 0. The Labute approximate surface area is 239 Å². The van der Waals surface area contributed by atoms with Crippen molar-refractivity contribution in [2.75, 3.05) is 4.90 Å². The maximum absolute atomic E-state index is 2.61. The molecule has 0 radical (unpaired) electrons. The molecule has 0 atom stereocenters. The molecule has 0 amide bonds. The molecule has 3 aliphatic heterocycles. The third-order valence-corrected chi connectivity index (χ3v) is 10.1. The second-order valence-electron chi connectivity index (χ2n) is 10.9. The minimum Gasteiger partial charge on any atom is -0.309 e. The molecule has 6 aromatic carbocycles. The first kappa shape index (κ1) is 22.4. The molecule has 3 aliphatic rings. The number of hydrogen-bond acceptors (Lipinski definition) is 2. The normalized spacial score (nSPS) is 15.0. The van der Waals surface area contributed by atoms with Crippen LogP contribution in [0, 0.1) is 0 Å². The van der Waals surface area contributed by atoms with Gasteiger partial charge in [-0.2, -0.15) is 0 Å². The highest BCUT2D eigenvalue weighted by Gasteiger charge is 2.52. The number of hydrogen-bond donors (Lipinski definition) is 0. The summed E-state index contributed by atoms with van der Waals surface area (Å²) in [5.74, 6) is 0.